The van der Waals surface area contributed by atoms with Gasteiger partial charge in [0.05, 0.1) is 0 Å². The minimum atomic E-state index is -0.0915. The van der Waals surface area contributed by atoms with Crippen LogP contribution in [0.25, 0.3) is 0 Å². The number of rotatable bonds is 4. The van der Waals surface area contributed by atoms with Crippen molar-refractivity contribution in [1.29, 1.82) is 0 Å². The van der Waals surface area contributed by atoms with Crippen LogP contribution < -0.4 is 10.1 Å². The van der Waals surface area contributed by atoms with Gasteiger partial charge in [0.15, 0.2) is 0 Å². The first-order valence-electron chi connectivity index (χ1n) is 8.57. The SMILES string of the molecule is CCC1(C)CC(NCc2ccc(C)cc2)c2ccc(C)cc2O1. The highest BCUT2D eigenvalue weighted by Gasteiger charge is 2.35. The van der Waals surface area contributed by atoms with Crippen LogP contribution in [-0.4, -0.2) is 5.60 Å². The molecule has 1 heterocycles. The Balaban J connectivity index is 1.81. The third-order valence-corrected chi connectivity index (χ3v) is 4.96. The van der Waals surface area contributed by atoms with Crippen molar-refractivity contribution in [2.45, 2.75) is 58.7 Å². The van der Waals surface area contributed by atoms with Crippen LogP contribution >= 0.6 is 0 Å². The molecular formula is C21H27NO. The normalized spacial score (nSPS) is 23.2. The van der Waals surface area contributed by atoms with Crippen molar-refractivity contribution in [2.24, 2.45) is 0 Å². The Bertz CT molecular complexity index is 677. The molecule has 0 aliphatic carbocycles. The quantitative estimate of drug-likeness (QED) is 0.850. The van der Waals surface area contributed by atoms with E-state index in [9.17, 15) is 0 Å². The molecule has 1 aliphatic rings. The molecule has 2 nitrogen and oxygen atoms in total. The van der Waals surface area contributed by atoms with E-state index in [-0.39, 0.29) is 5.60 Å². The average molecular weight is 309 g/mol. The predicted octanol–water partition coefficient (Wildman–Crippen LogP) is 5.09. The molecule has 0 saturated carbocycles. The first-order chi connectivity index (χ1) is 11.0. The average Bonchev–Trinajstić information content (AvgIpc) is 2.53. The molecule has 2 heteroatoms. The maximum Gasteiger partial charge on any atom is 0.125 e. The number of hydrogen-bond acceptors (Lipinski definition) is 2. The molecule has 2 atom stereocenters. The lowest BCUT2D eigenvalue weighted by molar-refractivity contribution is 0.0439. The molecule has 3 rings (SSSR count). The van der Waals surface area contributed by atoms with Gasteiger partial charge >= 0.3 is 0 Å². The Morgan fingerprint density at radius 2 is 1.78 bits per heavy atom. The molecule has 0 radical (unpaired) electrons. The lowest BCUT2D eigenvalue weighted by atomic mass is 9.86. The molecule has 0 amide bonds. The standard InChI is InChI=1S/C21H27NO/c1-5-21(4)13-19(18-11-8-16(3)12-20(18)23-21)22-14-17-9-6-15(2)7-10-17/h6-12,19,22H,5,13-14H2,1-4H3. The highest BCUT2D eigenvalue weighted by molar-refractivity contribution is 5.41. The van der Waals surface area contributed by atoms with Gasteiger partial charge in [0, 0.05) is 24.6 Å². The fourth-order valence-electron chi connectivity index (χ4n) is 3.21. The summed E-state index contributed by atoms with van der Waals surface area (Å²) in [5.74, 6) is 1.04. The Hall–Kier alpha value is -1.80. The molecule has 1 N–H and O–H groups in total. The van der Waals surface area contributed by atoms with Crippen molar-refractivity contribution < 1.29 is 4.74 Å². The highest BCUT2D eigenvalue weighted by atomic mass is 16.5. The Labute approximate surface area is 139 Å². The maximum atomic E-state index is 6.31. The van der Waals surface area contributed by atoms with E-state index in [0.29, 0.717) is 6.04 Å². The molecular weight excluding hydrogens is 282 g/mol. The van der Waals surface area contributed by atoms with Gasteiger partial charge in [0.25, 0.3) is 0 Å². The van der Waals surface area contributed by atoms with E-state index in [0.717, 1.165) is 25.1 Å². The zero-order valence-corrected chi connectivity index (χ0v) is 14.6. The summed E-state index contributed by atoms with van der Waals surface area (Å²) in [5, 5.41) is 3.74. The van der Waals surface area contributed by atoms with E-state index in [2.05, 4.69) is 75.5 Å². The summed E-state index contributed by atoms with van der Waals surface area (Å²) in [6.45, 7) is 9.56. The third-order valence-electron chi connectivity index (χ3n) is 4.96. The van der Waals surface area contributed by atoms with Crippen molar-refractivity contribution in [3.05, 3.63) is 64.7 Å². The summed E-state index contributed by atoms with van der Waals surface area (Å²) in [6, 6.07) is 15.7. The second-order valence-corrected chi connectivity index (χ2v) is 7.07. The lowest BCUT2D eigenvalue weighted by Gasteiger charge is -2.40. The van der Waals surface area contributed by atoms with Crippen molar-refractivity contribution in [3.63, 3.8) is 0 Å². The van der Waals surface area contributed by atoms with Gasteiger partial charge in [-0.05, 0) is 44.4 Å². The van der Waals surface area contributed by atoms with Crippen molar-refractivity contribution in [1.82, 2.24) is 5.32 Å². The number of fused-ring (bicyclic) bond motifs is 1. The van der Waals surface area contributed by atoms with Crippen LogP contribution in [0.3, 0.4) is 0 Å². The third kappa shape index (κ3) is 3.59. The van der Waals surface area contributed by atoms with Crippen LogP contribution in [0.2, 0.25) is 0 Å². The van der Waals surface area contributed by atoms with Crippen LogP contribution in [-0.2, 0) is 6.54 Å². The topological polar surface area (TPSA) is 21.3 Å². The predicted molar refractivity (Wildman–Crippen MR) is 95.9 cm³/mol. The second kappa shape index (κ2) is 6.37. The van der Waals surface area contributed by atoms with Gasteiger partial charge in [0.2, 0.25) is 0 Å². The summed E-state index contributed by atoms with van der Waals surface area (Å²) >= 11 is 0. The molecule has 2 unspecified atom stereocenters. The summed E-state index contributed by atoms with van der Waals surface area (Å²) in [7, 11) is 0. The largest absolute Gasteiger partial charge is 0.487 e. The lowest BCUT2D eigenvalue weighted by Crippen LogP contribution is -2.41. The van der Waals surface area contributed by atoms with E-state index in [1.807, 2.05) is 0 Å². The number of ether oxygens (including phenoxy) is 1. The molecule has 0 fully saturated rings. The van der Waals surface area contributed by atoms with Gasteiger partial charge in [-0.3, -0.25) is 0 Å². The number of benzene rings is 2. The smallest absolute Gasteiger partial charge is 0.125 e. The fraction of sp³-hybridized carbons (Fsp3) is 0.429. The van der Waals surface area contributed by atoms with Crippen molar-refractivity contribution in [3.8, 4) is 5.75 Å². The molecule has 122 valence electrons. The minimum Gasteiger partial charge on any atom is -0.487 e. The second-order valence-electron chi connectivity index (χ2n) is 7.07. The minimum absolute atomic E-state index is 0.0915. The van der Waals surface area contributed by atoms with Gasteiger partial charge in [-0.15, -0.1) is 0 Å². The van der Waals surface area contributed by atoms with Crippen molar-refractivity contribution >= 4 is 0 Å². The molecule has 0 aromatic heterocycles. The van der Waals surface area contributed by atoms with Crippen LogP contribution in [0, 0.1) is 13.8 Å². The Morgan fingerprint density at radius 1 is 1.09 bits per heavy atom. The van der Waals surface area contributed by atoms with Gasteiger partial charge in [-0.25, -0.2) is 0 Å². The zero-order chi connectivity index (χ0) is 16.4. The molecule has 0 bridgehead atoms. The van der Waals surface area contributed by atoms with Crippen LogP contribution in [0.1, 0.15) is 55.0 Å². The first kappa shape index (κ1) is 16.1. The van der Waals surface area contributed by atoms with E-state index in [1.54, 1.807) is 0 Å². The van der Waals surface area contributed by atoms with E-state index in [4.69, 9.17) is 4.74 Å². The van der Waals surface area contributed by atoms with Gasteiger partial charge in [-0.2, -0.15) is 0 Å². The molecule has 2 aromatic rings. The number of nitrogens with one attached hydrogen (secondary N) is 1. The summed E-state index contributed by atoms with van der Waals surface area (Å²) in [5.41, 5.74) is 5.08. The van der Waals surface area contributed by atoms with Gasteiger partial charge in [0.1, 0.15) is 11.4 Å². The van der Waals surface area contributed by atoms with Crippen molar-refractivity contribution in [2.75, 3.05) is 0 Å². The van der Waals surface area contributed by atoms with Crippen LogP contribution in [0.4, 0.5) is 0 Å². The van der Waals surface area contributed by atoms with Crippen LogP contribution in [0.15, 0.2) is 42.5 Å². The van der Waals surface area contributed by atoms with E-state index >= 15 is 0 Å². The molecule has 0 saturated heterocycles. The Kier molecular flexibility index (Phi) is 4.45. The summed E-state index contributed by atoms with van der Waals surface area (Å²) in [4.78, 5) is 0. The van der Waals surface area contributed by atoms with Gasteiger partial charge in [-0.1, -0.05) is 48.9 Å². The molecule has 2 aromatic carbocycles. The van der Waals surface area contributed by atoms with Gasteiger partial charge < -0.3 is 10.1 Å². The maximum absolute atomic E-state index is 6.31. The summed E-state index contributed by atoms with van der Waals surface area (Å²) < 4.78 is 6.31. The zero-order valence-electron chi connectivity index (χ0n) is 14.6. The van der Waals surface area contributed by atoms with E-state index < -0.39 is 0 Å². The number of hydrogen-bond donors (Lipinski definition) is 1. The molecule has 0 spiro atoms. The monoisotopic (exact) mass is 309 g/mol. The highest BCUT2D eigenvalue weighted by Crippen LogP contribution is 2.41. The summed E-state index contributed by atoms with van der Waals surface area (Å²) in [6.07, 6.45) is 2.02. The fourth-order valence-corrected chi connectivity index (χ4v) is 3.21. The van der Waals surface area contributed by atoms with Crippen LogP contribution in [0.5, 0.6) is 5.75 Å². The van der Waals surface area contributed by atoms with E-state index in [1.165, 1.54) is 22.3 Å². The first-order valence-corrected chi connectivity index (χ1v) is 8.57. The Morgan fingerprint density at radius 3 is 2.48 bits per heavy atom. The molecule has 23 heavy (non-hydrogen) atoms. The number of aryl methyl sites for hydroxylation is 2. The molecule has 1 aliphatic heterocycles.